The number of aryl methyl sites for hydroxylation is 1. The second-order valence-corrected chi connectivity index (χ2v) is 4.51. The van der Waals surface area contributed by atoms with Crippen molar-refractivity contribution in [2.24, 2.45) is 5.73 Å². The van der Waals surface area contributed by atoms with Crippen LogP contribution in [0.3, 0.4) is 0 Å². The number of nitriles is 1. The molecular weight excluding hydrogens is 240 g/mol. The SMILES string of the molecule is Cc1ccc(C#N)cc1OC(c1ccco1)C(C)N. The molecule has 1 aromatic carbocycles. The lowest BCUT2D eigenvalue weighted by Crippen LogP contribution is -2.28. The molecule has 0 aliphatic heterocycles. The number of nitrogens with two attached hydrogens (primary N) is 1. The first-order valence-corrected chi connectivity index (χ1v) is 6.08. The summed E-state index contributed by atoms with van der Waals surface area (Å²) in [7, 11) is 0. The maximum atomic E-state index is 8.93. The third-order valence-electron chi connectivity index (χ3n) is 2.87. The van der Waals surface area contributed by atoms with Crippen LogP contribution in [0.4, 0.5) is 0 Å². The molecule has 1 heterocycles. The molecular formula is C15H16N2O2. The molecule has 4 nitrogen and oxygen atoms in total. The van der Waals surface area contributed by atoms with Gasteiger partial charge in [0.05, 0.1) is 17.9 Å². The van der Waals surface area contributed by atoms with E-state index in [1.54, 1.807) is 24.5 Å². The summed E-state index contributed by atoms with van der Waals surface area (Å²) < 4.78 is 11.3. The van der Waals surface area contributed by atoms with Crippen LogP contribution in [0.5, 0.6) is 5.75 Å². The molecule has 0 radical (unpaired) electrons. The lowest BCUT2D eigenvalue weighted by Gasteiger charge is -2.21. The topological polar surface area (TPSA) is 72.2 Å². The monoisotopic (exact) mass is 256 g/mol. The fourth-order valence-electron chi connectivity index (χ4n) is 1.81. The van der Waals surface area contributed by atoms with Crippen molar-refractivity contribution in [1.29, 1.82) is 5.26 Å². The van der Waals surface area contributed by atoms with Gasteiger partial charge in [-0.3, -0.25) is 0 Å². The largest absolute Gasteiger partial charge is 0.481 e. The van der Waals surface area contributed by atoms with Gasteiger partial charge < -0.3 is 14.9 Å². The highest BCUT2D eigenvalue weighted by Crippen LogP contribution is 2.28. The van der Waals surface area contributed by atoms with Crippen LogP contribution < -0.4 is 10.5 Å². The minimum Gasteiger partial charge on any atom is -0.481 e. The van der Waals surface area contributed by atoms with Crippen LogP contribution >= 0.6 is 0 Å². The standard InChI is InChI=1S/C15H16N2O2/c1-10-5-6-12(9-16)8-14(10)19-15(11(2)17)13-4-3-7-18-13/h3-8,11,15H,17H2,1-2H3. The maximum absolute atomic E-state index is 8.93. The van der Waals surface area contributed by atoms with Gasteiger partial charge in [0.2, 0.25) is 0 Å². The molecule has 0 amide bonds. The van der Waals surface area contributed by atoms with Crippen molar-refractivity contribution >= 4 is 0 Å². The summed E-state index contributed by atoms with van der Waals surface area (Å²) in [5, 5.41) is 8.93. The smallest absolute Gasteiger partial charge is 0.171 e. The van der Waals surface area contributed by atoms with Crippen LogP contribution in [0, 0.1) is 18.3 Å². The zero-order chi connectivity index (χ0) is 13.8. The van der Waals surface area contributed by atoms with Gasteiger partial charge in [-0.2, -0.15) is 5.26 Å². The number of ether oxygens (including phenoxy) is 1. The highest BCUT2D eigenvalue weighted by atomic mass is 16.5. The van der Waals surface area contributed by atoms with E-state index < -0.39 is 0 Å². The summed E-state index contributed by atoms with van der Waals surface area (Å²) >= 11 is 0. The van der Waals surface area contributed by atoms with Crippen molar-refractivity contribution in [1.82, 2.24) is 0 Å². The summed E-state index contributed by atoms with van der Waals surface area (Å²) in [5.41, 5.74) is 7.46. The third kappa shape index (κ3) is 2.95. The van der Waals surface area contributed by atoms with E-state index in [1.807, 2.05) is 26.0 Å². The van der Waals surface area contributed by atoms with E-state index >= 15 is 0 Å². The first-order valence-electron chi connectivity index (χ1n) is 6.08. The normalized spacial score (nSPS) is 13.6. The van der Waals surface area contributed by atoms with E-state index in [4.69, 9.17) is 20.1 Å². The average molecular weight is 256 g/mol. The number of rotatable bonds is 4. The van der Waals surface area contributed by atoms with Crippen LogP contribution in [0.1, 0.15) is 29.9 Å². The minimum absolute atomic E-state index is 0.226. The quantitative estimate of drug-likeness (QED) is 0.912. The fourth-order valence-corrected chi connectivity index (χ4v) is 1.81. The molecule has 2 rings (SSSR count). The van der Waals surface area contributed by atoms with Gasteiger partial charge in [-0.25, -0.2) is 0 Å². The van der Waals surface area contributed by atoms with E-state index in [1.165, 1.54) is 0 Å². The predicted octanol–water partition coefficient (Wildman–Crippen LogP) is 2.93. The zero-order valence-electron chi connectivity index (χ0n) is 11.0. The van der Waals surface area contributed by atoms with Crippen molar-refractivity contribution in [2.75, 3.05) is 0 Å². The molecule has 0 spiro atoms. The molecule has 98 valence electrons. The number of hydrogen-bond acceptors (Lipinski definition) is 4. The van der Waals surface area contributed by atoms with E-state index in [0.717, 1.165) is 5.56 Å². The van der Waals surface area contributed by atoms with E-state index in [-0.39, 0.29) is 12.1 Å². The summed E-state index contributed by atoms with van der Waals surface area (Å²) in [6, 6.07) is 10.8. The molecule has 19 heavy (non-hydrogen) atoms. The molecule has 0 aliphatic rings. The highest BCUT2D eigenvalue weighted by Gasteiger charge is 2.21. The Kier molecular flexibility index (Phi) is 3.88. The first-order chi connectivity index (χ1) is 9.11. The van der Waals surface area contributed by atoms with Gasteiger partial charge in [-0.05, 0) is 43.7 Å². The molecule has 4 heteroatoms. The van der Waals surface area contributed by atoms with Gasteiger partial charge in [-0.1, -0.05) is 6.07 Å². The first kappa shape index (κ1) is 13.2. The van der Waals surface area contributed by atoms with Crippen LogP contribution in [0.15, 0.2) is 41.0 Å². The maximum Gasteiger partial charge on any atom is 0.171 e. The third-order valence-corrected chi connectivity index (χ3v) is 2.87. The summed E-state index contributed by atoms with van der Waals surface area (Å²) in [4.78, 5) is 0. The Labute approximate surface area is 112 Å². The predicted molar refractivity (Wildman–Crippen MR) is 71.6 cm³/mol. The van der Waals surface area contributed by atoms with E-state index in [2.05, 4.69) is 6.07 Å². The molecule has 2 unspecified atom stereocenters. The second-order valence-electron chi connectivity index (χ2n) is 4.51. The molecule has 2 atom stereocenters. The van der Waals surface area contributed by atoms with Gasteiger partial charge in [0.15, 0.2) is 6.10 Å². The average Bonchev–Trinajstić information content (AvgIpc) is 2.91. The fraction of sp³-hybridized carbons (Fsp3) is 0.267. The van der Waals surface area contributed by atoms with Crippen molar-refractivity contribution in [2.45, 2.75) is 26.0 Å². The van der Waals surface area contributed by atoms with Gasteiger partial charge in [0, 0.05) is 6.04 Å². The zero-order valence-corrected chi connectivity index (χ0v) is 11.0. The Bertz CT molecular complexity index is 583. The molecule has 0 saturated heterocycles. The van der Waals surface area contributed by atoms with Crippen LogP contribution in [0.25, 0.3) is 0 Å². The number of furan rings is 1. The minimum atomic E-state index is -0.373. The number of nitrogens with zero attached hydrogens (tertiary/aromatic N) is 1. The van der Waals surface area contributed by atoms with Crippen LogP contribution in [-0.4, -0.2) is 6.04 Å². The Hall–Kier alpha value is -2.25. The molecule has 0 aliphatic carbocycles. The number of benzene rings is 1. The summed E-state index contributed by atoms with van der Waals surface area (Å²) in [6.07, 6.45) is 1.22. The van der Waals surface area contributed by atoms with Gasteiger partial charge in [0.25, 0.3) is 0 Å². The molecule has 2 aromatic rings. The van der Waals surface area contributed by atoms with Crippen molar-refractivity contribution in [3.63, 3.8) is 0 Å². The van der Waals surface area contributed by atoms with Gasteiger partial charge >= 0.3 is 0 Å². The second kappa shape index (κ2) is 5.59. The van der Waals surface area contributed by atoms with Crippen molar-refractivity contribution in [3.05, 3.63) is 53.5 Å². The Morgan fingerprint density at radius 2 is 2.16 bits per heavy atom. The lowest BCUT2D eigenvalue weighted by molar-refractivity contribution is 0.152. The molecule has 1 aromatic heterocycles. The van der Waals surface area contributed by atoms with Crippen molar-refractivity contribution in [3.8, 4) is 11.8 Å². The van der Waals surface area contributed by atoms with Gasteiger partial charge in [0.1, 0.15) is 11.5 Å². The van der Waals surface area contributed by atoms with E-state index in [0.29, 0.717) is 17.1 Å². The molecule has 0 fully saturated rings. The Balaban J connectivity index is 2.30. The molecule has 0 saturated carbocycles. The number of hydrogen-bond donors (Lipinski definition) is 1. The van der Waals surface area contributed by atoms with Crippen LogP contribution in [-0.2, 0) is 0 Å². The summed E-state index contributed by atoms with van der Waals surface area (Å²) in [5.74, 6) is 1.33. The lowest BCUT2D eigenvalue weighted by atomic mass is 10.1. The van der Waals surface area contributed by atoms with E-state index in [9.17, 15) is 0 Å². The Morgan fingerprint density at radius 1 is 1.37 bits per heavy atom. The molecule has 0 bridgehead atoms. The Morgan fingerprint density at radius 3 is 2.74 bits per heavy atom. The summed E-state index contributed by atoms with van der Waals surface area (Å²) in [6.45, 7) is 3.79. The highest BCUT2D eigenvalue weighted by molar-refractivity contribution is 5.42. The van der Waals surface area contributed by atoms with Gasteiger partial charge in [-0.15, -0.1) is 0 Å². The van der Waals surface area contributed by atoms with Crippen molar-refractivity contribution < 1.29 is 9.15 Å². The molecule has 2 N–H and O–H groups in total. The van der Waals surface area contributed by atoms with Crippen LogP contribution in [0.2, 0.25) is 0 Å².